The molecule has 0 spiro atoms. The number of nitrogens with one attached hydrogen (secondary N) is 1. The van der Waals surface area contributed by atoms with E-state index in [0.29, 0.717) is 11.3 Å². The fraction of sp³-hybridized carbons (Fsp3) is 0.368. The van der Waals surface area contributed by atoms with Crippen molar-refractivity contribution in [3.8, 4) is 0 Å². The van der Waals surface area contributed by atoms with Gasteiger partial charge in [0.05, 0.1) is 11.0 Å². The van der Waals surface area contributed by atoms with Gasteiger partial charge in [0, 0.05) is 6.54 Å². The van der Waals surface area contributed by atoms with Gasteiger partial charge in [0.2, 0.25) is 10.0 Å². The Kier molecular flexibility index (Phi) is 5.80. The number of hydrogen-bond acceptors (Lipinski definition) is 3. The van der Waals surface area contributed by atoms with Gasteiger partial charge in [-0.3, -0.25) is 0 Å². The summed E-state index contributed by atoms with van der Waals surface area (Å²) in [5.41, 5.74) is 4.25. The zero-order chi connectivity index (χ0) is 17.9. The molecule has 2 aromatic carbocycles. The zero-order valence-corrected chi connectivity index (χ0v) is 15.4. The Bertz CT molecular complexity index is 788. The Morgan fingerprint density at radius 2 is 1.54 bits per heavy atom. The van der Waals surface area contributed by atoms with E-state index in [1.807, 2.05) is 64.1 Å². The van der Waals surface area contributed by atoms with Gasteiger partial charge in [0.25, 0.3) is 0 Å². The van der Waals surface area contributed by atoms with Crippen molar-refractivity contribution in [2.24, 2.45) is 0 Å². The van der Waals surface area contributed by atoms with Crippen LogP contribution in [0.1, 0.15) is 40.3 Å². The summed E-state index contributed by atoms with van der Waals surface area (Å²) in [7, 11) is -3.61. The van der Waals surface area contributed by atoms with E-state index in [4.69, 9.17) is 0 Å². The van der Waals surface area contributed by atoms with Gasteiger partial charge in [-0.1, -0.05) is 36.4 Å². The van der Waals surface area contributed by atoms with Crippen molar-refractivity contribution >= 4 is 10.0 Å². The number of rotatable bonds is 6. The molecule has 4 nitrogen and oxygen atoms in total. The van der Waals surface area contributed by atoms with Gasteiger partial charge in [0.15, 0.2) is 0 Å². The first-order chi connectivity index (χ1) is 11.2. The molecule has 1 atom stereocenters. The molecule has 0 bridgehead atoms. The van der Waals surface area contributed by atoms with E-state index in [1.165, 1.54) is 0 Å². The largest absolute Gasteiger partial charge is 0.388 e. The summed E-state index contributed by atoms with van der Waals surface area (Å²) in [6.07, 6.45) is -0.359. The number of hydrogen-bond donors (Lipinski definition) is 2. The highest BCUT2D eigenvalue weighted by Crippen LogP contribution is 2.26. The molecule has 0 aromatic heterocycles. The number of aliphatic hydroxyl groups excluding tert-OH is 1. The Hall–Kier alpha value is -1.69. The Labute approximate surface area is 144 Å². The molecule has 0 heterocycles. The molecule has 0 fully saturated rings. The van der Waals surface area contributed by atoms with Crippen LogP contribution >= 0.6 is 0 Å². The second-order valence-electron chi connectivity index (χ2n) is 6.20. The summed E-state index contributed by atoms with van der Waals surface area (Å²) < 4.78 is 28.0. The van der Waals surface area contributed by atoms with Crippen molar-refractivity contribution < 1.29 is 13.5 Å². The minimum Gasteiger partial charge on any atom is -0.388 e. The molecule has 0 saturated carbocycles. The summed E-state index contributed by atoms with van der Waals surface area (Å²) in [6.45, 7) is 7.68. The molecule has 0 radical (unpaired) electrons. The third-order valence-corrected chi connectivity index (χ3v) is 6.19. The van der Waals surface area contributed by atoms with E-state index in [9.17, 15) is 13.5 Å². The van der Waals surface area contributed by atoms with Crippen LogP contribution in [0.3, 0.4) is 0 Å². The topological polar surface area (TPSA) is 66.4 Å². The molecule has 0 aliphatic rings. The second kappa shape index (κ2) is 7.47. The normalized spacial score (nSPS) is 13.0. The maximum absolute atomic E-state index is 12.7. The molecule has 0 saturated heterocycles. The van der Waals surface area contributed by atoms with Crippen LogP contribution in [0.4, 0.5) is 0 Å². The fourth-order valence-electron chi connectivity index (χ4n) is 2.83. The summed E-state index contributed by atoms with van der Waals surface area (Å²) in [5, 5.41) is 10.2. The van der Waals surface area contributed by atoms with E-state index in [-0.39, 0.29) is 6.54 Å². The lowest BCUT2D eigenvalue weighted by atomic mass is 10.0. The van der Waals surface area contributed by atoms with Gasteiger partial charge in [-0.15, -0.1) is 0 Å². The van der Waals surface area contributed by atoms with Crippen molar-refractivity contribution in [3.63, 3.8) is 0 Å². The predicted molar refractivity (Wildman–Crippen MR) is 96.6 cm³/mol. The molecule has 0 amide bonds. The average molecular weight is 347 g/mol. The predicted octanol–water partition coefficient (Wildman–Crippen LogP) is 3.32. The van der Waals surface area contributed by atoms with E-state index >= 15 is 0 Å². The minimum absolute atomic E-state index is 0.185. The molecular formula is C19H25NO3S. The standard InChI is InChI=1S/C19H25NO3S/c1-13-12-14(2)16(4)19(15(13)3)24(22,23)20-11-10-18(21)17-8-6-5-7-9-17/h5-9,12,18,20-21H,10-11H2,1-4H3. The molecular weight excluding hydrogens is 322 g/mol. The van der Waals surface area contributed by atoms with Gasteiger partial charge in [-0.25, -0.2) is 13.1 Å². The minimum atomic E-state index is -3.61. The number of sulfonamides is 1. The molecule has 130 valence electrons. The maximum Gasteiger partial charge on any atom is 0.241 e. The van der Waals surface area contributed by atoms with Crippen LogP contribution in [0.15, 0.2) is 41.3 Å². The third kappa shape index (κ3) is 4.04. The summed E-state index contributed by atoms with van der Waals surface area (Å²) in [6, 6.07) is 11.2. The highest BCUT2D eigenvalue weighted by molar-refractivity contribution is 7.89. The molecule has 2 rings (SSSR count). The number of aliphatic hydroxyl groups is 1. The summed E-state index contributed by atoms with van der Waals surface area (Å²) in [4.78, 5) is 0.356. The van der Waals surface area contributed by atoms with Gasteiger partial charge in [-0.2, -0.15) is 0 Å². The number of aryl methyl sites for hydroxylation is 2. The quantitative estimate of drug-likeness (QED) is 0.842. The summed E-state index contributed by atoms with van der Waals surface area (Å²) in [5.74, 6) is 0. The Balaban J connectivity index is 2.13. The van der Waals surface area contributed by atoms with Gasteiger partial charge in [0.1, 0.15) is 0 Å². The van der Waals surface area contributed by atoms with E-state index in [1.54, 1.807) is 0 Å². The second-order valence-corrected chi connectivity index (χ2v) is 7.91. The number of benzene rings is 2. The highest BCUT2D eigenvalue weighted by Gasteiger charge is 2.22. The summed E-state index contributed by atoms with van der Waals surface area (Å²) >= 11 is 0. The van der Waals surface area contributed by atoms with Crippen LogP contribution in [0.25, 0.3) is 0 Å². The van der Waals surface area contributed by atoms with Crippen molar-refractivity contribution in [2.45, 2.75) is 45.1 Å². The van der Waals surface area contributed by atoms with Crippen LogP contribution in [-0.4, -0.2) is 20.1 Å². The van der Waals surface area contributed by atoms with E-state index in [2.05, 4.69) is 4.72 Å². The third-order valence-electron chi connectivity index (χ3n) is 4.46. The van der Waals surface area contributed by atoms with E-state index < -0.39 is 16.1 Å². The smallest absolute Gasteiger partial charge is 0.241 e. The average Bonchev–Trinajstić information content (AvgIpc) is 2.53. The lowest BCUT2D eigenvalue weighted by molar-refractivity contribution is 0.169. The molecule has 5 heteroatoms. The van der Waals surface area contributed by atoms with E-state index in [0.717, 1.165) is 27.8 Å². The first-order valence-electron chi connectivity index (χ1n) is 8.04. The van der Waals surface area contributed by atoms with Crippen molar-refractivity contribution in [1.29, 1.82) is 0 Å². The zero-order valence-electron chi connectivity index (χ0n) is 14.6. The highest BCUT2D eigenvalue weighted by atomic mass is 32.2. The molecule has 1 unspecified atom stereocenters. The molecule has 24 heavy (non-hydrogen) atoms. The van der Waals surface area contributed by atoms with Crippen LogP contribution in [-0.2, 0) is 10.0 Å². The van der Waals surface area contributed by atoms with Gasteiger partial charge in [-0.05, 0) is 61.9 Å². The fourth-order valence-corrected chi connectivity index (χ4v) is 4.49. The SMILES string of the molecule is Cc1cc(C)c(C)c(S(=O)(=O)NCCC(O)c2ccccc2)c1C. The lowest BCUT2D eigenvalue weighted by Crippen LogP contribution is -2.27. The van der Waals surface area contributed by atoms with Gasteiger partial charge < -0.3 is 5.11 Å². The molecule has 2 aromatic rings. The van der Waals surface area contributed by atoms with Crippen molar-refractivity contribution in [2.75, 3.05) is 6.54 Å². The first-order valence-corrected chi connectivity index (χ1v) is 9.52. The van der Waals surface area contributed by atoms with Crippen LogP contribution in [0, 0.1) is 27.7 Å². The van der Waals surface area contributed by atoms with Crippen molar-refractivity contribution in [1.82, 2.24) is 4.72 Å². The van der Waals surface area contributed by atoms with Crippen LogP contribution in [0.2, 0.25) is 0 Å². The molecule has 2 N–H and O–H groups in total. The molecule has 0 aliphatic heterocycles. The van der Waals surface area contributed by atoms with Crippen molar-refractivity contribution in [3.05, 3.63) is 64.2 Å². The van der Waals surface area contributed by atoms with Crippen LogP contribution in [0.5, 0.6) is 0 Å². The Morgan fingerprint density at radius 1 is 1.00 bits per heavy atom. The van der Waals surface area contributed by atoms with Gasteiger partial charge >= 0.3 is 0 Å². The monoisotopic (exact) mass is 347 g/mol. The molecule has 0 aliphatic carbocycles. The Morgan fingerprint density at radius 3 is 2.08 bits per heavy atom. The lowest BCUT2D eigenvalue weighted by Gasteiger charge is -2.17. The maximum atomic E-state index is 12.7. The van der Waals surface area contributed by atoms with Crippen LogP contribution < -0.4 is 4.72 Å². The first kappa shape index (κ1) is 18.6.